The number of hydrogen-bond acceptors (Lipinski definition) is 3. The highest BCUT2D eigenvalue weighted by molar-refractivity contribution is 5.95. The van der Waals surface area contributed by atoms with Crippen molar-refractivity contribution in [2.75, 3.05) is 6.54 Å². The number of likely N-dealkylation sites (tertiary alicyclic amines) is 1. The average molecular weight is 335 g/mol. The highest BCUT2D eigenvalue weighted by Gasteiger charge is 2.33. The fraction of sp³-hybridized carbons (Fsp3) is 0.533. The first-order valence-electron chi connectivity index (χ1n) is 7.22. The molecule has 0 aliphatic carbocycles. The summed E-state index contributed by atoms with van der Waals surface area (Å²) in [4.78, 5) is 13.7. The van der Waals surface area contributed by atoms with E-state index >= 15 is 0 Å². The number of ether oxygens (including phenoxy) is 1. The van der Waals surface area contributed by atoms with Crippen LogP contribution in [0.1, 0.15) is 36.5 Å². The van der Waals surface area contributed by atoms with Crippen LogP contribution in [-0.4, -0.2) is 41.2 Å². The summed E-state index contributed by atoms with van der Waals surface area (Å²) in [7, 11) is 0. The number of aliphatic hydroxyl groups is 1. The van der Waals surface area contributed by atoms with Crippen LogP contribution >= 0.6 is 0 Å². The molecule has 1 saturated heterocycles. The number of carbonyl (C=O) groups excluding carboxylic acids is 1. The molecule has 0 spiro atoms. The zero-order valence-electron chi connectivity index (χ0n) is 12.4. The minimum absolute atomic E-state index is 0.307. The van der Waals surface area contributed by atoms with Crippen molar-refractivity contribution in [3.63, 3.8) is 0 Å². The number of nitrogens with zero attached hydrogens (tertiary/aromatic N) is 1. The molecular formula is C15H17F4NO3. The van der Waals surface area contributed by atoms with E-state index in [2.05, 4.69) is 4.74 Å². The van der Waals surface area contributed by atoms with E-state index in [0.717, 1.165) is 0 Å². The fourth-order valence-corrected chi connectivity index (χ4v) is 2.81. The van der Waals surface area contributed by atoms with Gasteiger partial charge >= 0.3 is 6.61 Å². The minimum atomic E-state index is -3.22. The zero-order chi connectivity index (χ0) is 17.1. The van der Waals surface area contributed by atoms with Crippen LogP contribution in [0.4, 0.5) is 17.6 Å². The summed E-state index contributed by atoms with van der Waals surface area (Å²) in [6, 6.07) is 0.808. The molecule has 1 aromatic rings. The molecule has 0 saturated carbocycles. The minimum Gasteiger partial charge on any atom is -0.435 e. The maximum Gasteiger partial charge on any atom is 0.387 e. The summed E-state index contributed by atoms with van der Waals surface area (Å²) in [6.07, 6.45) is 0.956. The highest BCUT2D eigenvalue weighted by atomic mass is 19.3. The zero-order valence-corrected chi connectivity index (χ0v) is 12.4. The molecule has 1 N–H and O–H groups in total. The number of carbonyl (C=O) groups is 1. The van der Waals surface area contributed by atoms with Gasteiger partial charge in [-0.1, -0.05) is 0 Å². The molecule has 0 aromatic heterocycles. The predicted octanol–water partition coefficient (Wildman–Crippen LogP) is 2.94. The monoisotopic (exact) mass is 335 g/mol. The van der Waals surface area contributed by atoms with E-state index in [1.54, 1.807) is 6.92 Å². The van der Waals surface area contributed by atoms with Crippen molar-refractivity contribution in [3.05, 3.63) is 29.3 Å². The predicted molar refractivity (Wildman–Crippen MR) is 73.3 cm³/mol. The second-order valence-electron chi connectivity index (χ2n) is 5.52. The number of alkyl halides is 2. The molecule has 128 valence electrons. The smallest absolute Gasteiger partial charge is 0.387 e. The Morgan fingerprint density at radius 1 is 1.39 bits per heavy atom. The Bertz CT molecular complexity index is 557. The van der Waals surface area contributed by atoms with Gasteiger partial charge in [-0.3, -0.25) is 4.79 Å². The molecule has 1 aromatic carbocycles. The first-order chi connectivity index (χ1) is 10.8. The van der Waals surface area contributed by atoms with E-state index < -0.39 is 41.6 Å². The summed E-state index contributed by atoms with van der Waals surface area (Å²) < 4.78 is 56.1. The number of aliphatic hydroxyl groups excluding tert-OH is 1. The Balaban J connectivity index is 2.25. The maximum absolute atomic E-state index is 14.0. The van der Waals surface area contributed by atoms with Crippen molar-refractivity contribution in [2.24, 2.45) is 0 Å². The standard InChI is InChI=1S/C15H17F4NO3/c1-8(21)5-9-3-2-4-20(9)14(22)13-11(16)6-10(7-12(13)17)23-15(18)19/h6-9,15,21H,2-5H2,1H3. The van der Waals surface area contributed by atoms with Gasteiger partial charge in [0.05, 0.1) is 6.10 Å². The number of benzene rings is 1. The van der Waals surface area contributed by atoms with E-state index in [-0.39, 0.29) is 6.04 Å². The van der Waals surface area contributed by atoms with Gasteiger partial charge in [0.15, 0.2) is 0 Å². The molecule has 2 atom stereocenters. The Hall–Kier alpha value is -1.83. The topological polar surface area (TPSA) is 49.8 Å². The molecule has 1 heterocycles. The molecule has 1 fully saturated rings. The van der Waals surface area contributed by atoms with Crippen molar-refractivity contribution in [3.8, 4) is 5.75 Å². The van der Waals surface area contributed by atoms with Crippen molar-refractivity contribution in [2.45, 2.75) is 44.9 Å². The SMILES string of the molecule is CC(O)CC1CCCN1C(=O)c1c(F)cc(OC(F)F)cc1F. The third kappa shape index (κ3) is 4.13. The van der Waals surface area contributed by atoms with Crippen LogP contribution in [0.3, 0.4) is 0 Å². The second kappa shape index (κ2) is 7.16. The Morgan fingerprint density at radius 2 is 2.00 bits per heavy atom. The van der Waals surface area contributed by atoms with E-state index in [0.29, 0.717) is 37.9 Å². The van der Waals surface area contributed by atoms with Crippen molar-refractivity contribution in [1.29, 1.82) is 0 Å². The van der Waals surface area contributed by atoms with E-state index in [9.17, 15) is 27.5 Å². The first-order valence-corrected chi connectivity index (χ1v) is 7.22. The molecule has 2 unspecified atom stereocenters. The first kappa shape index (κ1) is 17.5. The number of amides is 1. The average Bonchev–Trinajstić information content (AvgIpc) is 2.83. The molecule has 4 nitrogen and oxygen atoms in total. The van der Waals surface area contributed by atoms with Crippen molar-refractivity contribution >= 4 is 5.91 Å². The van der Waals surface area contributed by atoms with Crippen LogP contribution in [0.2, 0.25) is 0 Å². The molecule has 1 aliphatic rings. The van der Waals surface area contributed by atoms with E-state index in [1.807, 2.05) is 0 Å². The third-order valence-corrected chi connectivity index (χ3v) is 3.71. The molecule has 23 heavy (non-hydrogen) atoms. The summed E-state index contributed by atoms with van der Waals surface area (Å²) >= 11 is 0. The number of halogens is 4. The van der Waals surface area contributed by atoms with Gasteiger partial charge in [-0.05, 0) is 26.2 Å². The highest BCUT2D eigenvalue weighted by Crippen LogP contribution is 2.28. The van der Waals surface area contributed by atoms with Gasteiger partial charge in [-0.15, -0.1) is 0 Å². The maximum atomic E-state index is 14.0. The van der Waals surface area contributed by atoms with E-state index in [4.69, 9.17) is 0 Å². The third-order valence-electron chi connectivity index (χ3n) is 3.71. The lowest BCUT2D eigenvalue weighted by molar-refractivity contribution is -0.0501. The summed E-state index contributed by atoms with van der Waals surface area (Å²) in [5.41, 5.74) is -0.802. The Labute approximate surface area is 130 Å². The lowest BCUT2D eigenvalue weighted by Gasteiger charge is -2.26. The van der Waals surface area contributed by atoms with Gasteiger partial charge < -0.3 is 14.7 Å². The van der Waals surface area contributed by atoms with Gasteiger partial charge in [0.25, 0.3) is 5.91 Å². The molecule has 2 rings (SSSR count). The van der Waals surface area contributed by atoms with Crippen LogP contribution in [0, 0.1) is 11.6 Å². The van der Waals surface area contributed by atoms with Crippen molar-refractivity contribution < 1.29 is 32.2 Å². The van der Waals surface area contributed by atoms with Gasteiger partial charge in [-0.25, -0.2) is 8.78 Å². The quantitative estimate of drug-likeness (QED) is 0.842. The molecule has 1 amide bonds. The molecule has 0 bridgehead atoms. The Morgan fingerprint density at radius 3 is 2.52 bits per heavy atom. The summed E-state index contributed by atoms with van der Waals surface area (Å²) in [6.45, 7) is -1.33. The van der Waals surface area contributed by atoms with E-state index in [1.165, 1.54) is 4.90 Å². The van der Waals surface area contributed by atoms with Crippen LogP contribution in [0.15, 0.2) is 12.1 Å². The Kier molecular flexibility index (Phi) is 5.46. The van der Waals surface area contributed by atoms with Crippen LogP contribution in [0.25, 0.3) is 0 Å². The van der Waals surface area contributed by atoms with Crippen LogP contribution in [-0.2, 0) is 0 Å². The second-order valence-corrected chi connectivity index (χ2v) is 5.52. The van der Waals surface area contributed by atoms with Crippen molar-refractivity contribution in [1.82, 2.24) is 4.90 Å². The molecule has 1 aliphatic heterocycles. The van der Waals surface area contributed by atoms with Gasteiger partial charge in [0.1, 0.15) is 22.9 Å². The lowest BCUT2D eigenvalue weighted by atomic mass is 10.1. The fourth-order valence-electron chi connectivity index (χ4n) is 2.81. The molecule has 8 heteroatoms. The van der Waals surface area contributed by atoms with Crippen LogP contribution in [0.5, 0.6) is 5.75 Å². The normalized spacial score (nSPS) is 19.3. The number of hydrogen-bond donors (Lipinski definition) is 1. The lowest BCUT2D eigenvalue weighted by Crippen LogP contribution is -2.38. The summed E-state index contributed by atoms with van der Waals surface area (Å²) in [5.74, 6) is -4.05. The molecule has 0 radical (unpaired) electrons. The van der Waals surface area contributed by atoms with Crippen LogP contribution < -0.4 is 4.74 Å². The van der Waals surface area contributed by atoms with Gasteiger partial charge in [0, 0.05) is 24.7 Å². The molecular weight excluding hydrogens is 318 g/mol. The van der Waals surface area contributed by atoms with Gasteiger partial charge in [-0.2, -0.15) is 8.78 Å². The summed E-state index contributed by atoms with van der Waals surface area (Å²) in [5, 5.41) is 9.44. The number of rotatable bonds is 5. The largest absolute Gasteiger partial charge is 0.435 e. The van der Waals surface area contributed by atoms with Gasteiger partial charge in [0.2, 0.25) is 0 Å².